The number of nitrogens with zero attached hydrogens (tertiary/aromatic N) is 1. The van der Waals surface area contributed by atoms with Gasteiger partial charge in [0, 0.05) is 25.6 Å². The summed E-state index contributed by atoms with van der Waals surface area (Å²) >= 11 is 0. The molecule has 3 nitrogen and oxygen atoms in total. The van der Waals surface area contributed by atoms with E-state index in [-0.39, 0.29) is 24.2 Å². The molecule has 0 saturated heterocycles. The molecule has 0 bridgehead atoms. The van der Waals surface area contributed by atoms with Crippen molar-refractivity contribution in [3.63, 3.8) is 0 Å². The van der Waals surface area contributed by atoms with Crippen molar-refractivity contribution in [3.05, 3.63) is 0 Å². The molecule has 0 radical (unpaired) electrons. The van der Waals surface area contributed by atoms with E-state index in [1.807, 2.05) is 18.9 Å². The molecule has 0 aromatic heterocycles. The molecule has 0 spiro atoms. The van der Waals surface area contributed by atoms with Crippen LogP contribution < -0.4 is 5.32 Å². The van der Waals surface area contributed by atoms with Crippen LogP contribution in [0.3, 0.4) is 0 Å². The number of hydrogen-bond acceptors (Lipinski definition) is 2. The molecule has 4 heteroatoms. The predicted molar refractivity (Wildman–Crippen MR) is 76.7 cm³/mol. The number of carbonyl (C=O) groups excluding carboxylic acids is 1. The highest BCUT2D eigenvalue weighted by atomic mass is 35.5. The summed E-state index contributed by atoms with van der Waals surface area (Å²) in [4.78, 5) is 14.1. The van der Waals surface area contributed by atoms with Gasteiger partial charge in [-0.3, -0.25) is 4.79 Å². The lowest BCUT2D eigenvalue weighted by molar-refractivity contribution is -0.135. The number of nitrogens with one attached hydrogen (secondary N) is 1. The third kappa shape index (κ3) is 6.89. The molecule has 0 rings (SSSR count). The number of rotatable bonds is 8. The average Bonchev–Trinajstić information content (AvgIpc) is 2.30. The van der Waals surface area contributed by atoms with E-state index in [1.165, 1.54) is 0 Å². The summed E-state index contributed by atoms with van der Waals surface area (Å²) < 4.78 is 0. The van der Waals surface area contributed by atoms with Crippen LogP contribution in [0.4, 0.5) is 0 Å². The van der Waals surface area contributed by atoms with Crippen molar-refractivity contribution in [1.82, 2.24) is 10.2 Å². The van der Waals surface area contributed by atoms with Gasteiger partial charge in [0.05, 0.1) is 0 Å². The molecule has 1 amide bonds. The van der Waals surface area contributed by atoms with E-state index in [4.69, 9.17) is 0 Å². The van der Waals surface area contributed by atoms with E-state index in [0.717, 1.165) is 32.5 Å². The van der Waals surface area contributed by atoms with Crippen molar-refractivity contribution in [2.75, 3.05) is 26.7 Å². The minimum Gasteiger partial charge on any atom is -0.342 e. The Labute approximate surface area is 113 Å². The Kier molecular flexibility index (Phi) is 12.2. The molecule has 1 atom stereocenters. The van der Waals surface area contributed by atoms with E-state index < -0.39 is 0 Å². The van der Waals surface area contributed by atoms with E-state index >= 15 is 0 Å². The van der Waals surface area contributed by atoms with Crippen LogP contribution in [-0.2, 0) is 4.79 Å². The smallest absolute Gasteiger partial charge is 0.226 e. The van der Waals surface area contributed by atoms with E-state index in [9.17, 15) is 4.79 Å². The molecular weight excluding hydrogens is 236 g/mol. The summed E-state index contributed by atoms with van der Waals surface area (Å²) in [7, 11) is 1.89. The van der Waals surface area contributed by atoms with Crippen molar-refractivity contribution in [2.24, 2.45) is 11.8 Å². The minimum atomic E-state index is 0. The van der Waals surface area contributed by atoms with Crippen molar-refractivity contribution < 1.29 is 4.79 Å². The van der Waals surface area contributed by atoms with Gasteiger partial charge < -0.3 is 10.2 Å². The lowest BCUT2D eigenvalue weighted by Crippen LogP contribution is -2.40. The fourth-order valence-electron chi connectivity index (χ4n) is 1.94. The van der Waals surface area contributed by atoms with Gasteiger partial charge in [0.15, 0.2) is 0 Å². The minimum absolute atomic E-state index is 0. The van der Waals surface area contributed by atoms with Gasteiger partial charge in [0.25, 0.3) is 0 Å². The first-order valence-electron chi connectivity index (χ1n) is 6.53. The normalized spacial score (nSPS) is 12.1. The van der Waals surface area contributed by atoms with Gasteiger partial charge in [-0.05, 0) is 19.9 Å². The fourth-order valence-corrected chi connectivity index (χ4v) is 1.94. The molecule has 0 aliphatic carbocycles. The second-order valence-corrected chi connectivity index (χ2v) is 4.52. The van der Waals surface area contributed by atoms with Gasteiger partial charge in [0.2, 0.25) is 5.91 Å². The molecular formula is C13H29ClN2O. The number of hydrogen-bond donors (Lipinski definition) is 1. The molecule has 0 aliphatic heterocycles. The third-order valence-electron chi connectivity index (χ3n) is 3.26. The Hall–Kier alpha value is -0.280. The SMILES string of the molecule is CCC(CC)CN(CC)C(=O)C(C)CNC.Cl. The Morgan fingerprint density at radius 3 is 2.12 bits per heavy atom. The summed E-state index contributed by atoms with van der Waals surface area (Å²) in [5.41, 5.74) is 0. The average molecular weight is 265 g/mol. The van der Waals surface area contributed by atoms with Gasteiger partial charge in [0.1, 0.15) is 0 Å². The largest absolute Gasteiger partial charge is 0.342 e. The zero-order chi connectivity index (χ0) is 12.6. The molecule has 1 unspecified atom stereocenters. The topological polar surface area (TPSA) is 32.3 Å². The van der Waals surface area contributed by atoms with Crippen LogP contribution in [0.5, 0.6) is 0 Å². The predicted octanol–water partition coefficient (Wildman–Crippen LogP) is 2.55. The maximum absolute atomic E-state index is 12.1. The van der Waals surface area contributed by atoms with Crippen molar-refractivity contribution >= 4 is 18.3 Å². The molecule has 0 saturated carbocycles. The Balaban J connectivity index is 0. The first-order valence-corrected chi connectivity index (χ1v) is 6.53. The lowest BCUT2D eigenvalue weighted by atomic mass is 10.0. The second kappa shape index (κ2) is 10.8. The van der Waals surface area contributed by atoms with Gasteiger partial charge >= 0.3 is 0 Å². The molecule has 0 heterocycles. The van der Waals surface area contributed by atoms with Crippen LogP contribution in [0.1, 0.15) is 40.5 Å². The first kappa shape index (κ1) is 19.1. The summed E-state index contributed by atoms with van der Waals surface area (Å²) in [5.74, 6) is 1.01. The summed E-state index contributed by atoms with van der Waals surface area (Å²) in [6.07, 6.45) is 2.31. The molecule has 104 valence electrons. The number of halogens is 1. The highest BCUT2D eigenvalue weighted by Crippen LogP contribution is 2.12. The van der Waals surface area contributed by atoms with Gasteiger partial charge in [-0.1, -0.05) is 33.6 Å². The molecule has 0 fully saturated rings. The molecule has 0 aromatic carbocycles. The molecule has 17 heavy (non-hydrogen) atoms. The Morgan fingerprint density at radius 2 is 1.76 bits per heavy atom. The number of carbonyl (C=O) groups is 1. The quantitative estimate of drug-likeness (QED) is 0.731. The van der Waals surface area contributed by atoms with Crippen LogP contribution in [-0.4, -0.2) is 37.5 Å². The summed E-state index contributed by atoms with van der Waals surface area (Å²) in [6.45, 7) is 11.0. The maximum atomic E-state index is 12.1. The Morgan fingerprint density at radius 1 is 1.24 bits per heavy atom. The van der Waals surface area contributed by atoms with Crippen LogP contribution in [0.25, 0.3) is 0 Å². The first-order chi connectivity index (χ1) is 7.60. The third-order valence-corrected chi connectivity index (χ3v) is 3.26. The van der Waals surface area contributed by atoms with Crippen molar-refractivity contribution in [2.45, 2.75) is 40.5 Å². The summed E-state index contributed by atoms with van der Waals surface area (Å²) in [6, 6.07) is 0. The zero-order valence-electron chi connectivity index (χ0n) is 12.0. The Bertz CT molecular complexity index is 196. The van der Waals surface area contributed by atoms with Crippen LogP contribution in [0.2, 0.25) is 0 Å². The standard InChI is InChI=1S/C13H28N2O.ClH/c1-6-12(7-2)10-15(8-3)13(16)11(4)9-14-5;/h11-12,14H,6-10H2,1-5H3;1H. The van der Waals surface area contributed by atoms with E-state index in [0.29, 0.717) is 5.92 Å². The molecule has 1 N–H and O–H groups in total. The van der Waals surface area contributed by atoms with Gasteiger partial charge in [-0.15, -0.1) is 12.4 Å². The van der Waals surface area contributed by atoms with Crippen molar-refractivity contribution in [3.8, 4) is 0 Å². The second-order valence-electron chi connectivity index (χ2n) is 4.52. The lowest BCUT2D eigenvalue weighted by Gasteiger charge is -2.28. The van der Waals surface area contributed by atoms with E-state index in [1.54, 1.807) is 0 Å². The van der Waals surface area contributed by atoms with Crippen LogP contribution in [0, 0.1) is 11.8 Å². The zero-order valence-corrected chi connectivity index (χ0v) is 12.8. The fraction of sp³-hybridized carbons (Fsp3) is 0.923. The van der Waals surface area contributed by atoms with Crippen LogP contribution >= 0.6 is 12.4 Å². The van der Waals surface area contributed by atoms with Gasteiger partial charge in [-0.2, -0.15) is 0 Å². The highest BCUT2D eigenvalue weighted by Gasteiger charge is 2.20. The molecule has 0 aromatic rings. The number of amides is 1. The van der Waals surface area contributed by atoms with Gasteiger partial charge in [-0.25, -0.2) is 0 Å². The van der Waals surface area contributed by atoms with E-state index in [2.05, 4.69) is 26.1 Å². The summed E-state index contributed by atoms with van der Waals surface area (Å²) in [5, 5.41) is 3.06. The van der Waals surface area contributed by atoms with Crippen molar-refractivity contribution in [1.29, 1.82) is 0 Å². The highest BCUT2D eigenvalue weighted by molar-refractivity contribution is 5.85. The van der Waals surface area contributed by atoms with Crippen LogP contribution in [0.15, 0.2) is 0 Å². The molecule has 0 aliphatic rings. The maximum Gasteiger partial charge on any atom is 0.226 e. The monoisotopic (exact) mass is 264 g/mol.